The van der Waals surface area contributed by atoms with E-state index in [9.17, 15) is 22.3 Å². The first kappa shape index (κ1) is 36.8. The number of carbonyl (C=O) groups excluding carboxylic acids is 1. The SMILES string of the molecule is CC[NH2+]c1ccc(S(=O)O)cc1C(C)(C)C/C=C/C=C/C=C1/N(CCCCCC(=O)C(C)C)c2ccc(S(=O)O)cc2C1(C)C. The lowest BCUT2D eigenvalue weighted by molar-refractivity contribution is -0.568. The molecule has 45 heavy (non-hydrogen) atoms. The number of benzene rings is 2. The Morgan fingerprint density at radius 1 is 0.978 bits per heavy atom. The van der Waals surface area contributed by atoms with Crippen LogP contribution in [0.25, 0.3) is 0 Å². The van der Waals surface area contributed by atoms with Crippen LogP contribution >= 0.6 is 0 Å². The Balaban J connectivity index is 1.79. The molecule has 0 spiro atoms. The molecule has 7 nitrogen and oxygen atoms in total. The third-order valence-corrected chi connectivity index (χ3v) is 9.95. The van der Waals surface area contributed by atoms with Crippen molar-refractivity contribution in [2.24, 2.45) is 5.92 Å². The van der Waals surface area contributed by atoms with Gasteiger partial charge in [-0.2, -0.15) is 0 Å². The quantitative estimate of drug-likeness (QED) is 0.0757. The highest BCUT2D eigenvalue weighted by Crippen LogP contribution is 2.48. The average Bonchev–Trinajstić information content (AvgIpc) is 3.19. The summed E-state index contributed by atoms with van der Waals surface area (Å²) in [6, 6.07) is 11.0. The molecule has 3 rings (SSSR count). The smallest absolute Gasteiger partial charge is 0.186 e. The number of nitrogens with two attached hydrogens (primary N) is 1. The largest absolute Gasteiger partial charge is 0.344 e. The molecule has 2 aromatic carbocycles. The molecule has 2 atom stereocenters. The fourth-order valence-corrected chi connectivity index (χ4v) is 6.74. The molecule has 0 fully saturated rings. The van der Waals surface area contributed by atoms with Crippen molar-refractivity contribution in [3.8, 4) is 0 Å². The van der Waals surface area contributed by atoms with Gasteiger partial charge in [0.15, 0.2) is 22.2 Å². The van der Waals surface area contributed by atoms with Gasteiger partial charge in [-0.3, -0.25) is 4.79 Å². The summed E-state index contributed by atoms with van der Waals surface area (Å²) in [7, 11) is 0. The number of quaternary nitrogens is 1. The van der Waals surface area contributed by atoms with Crippen molar-refractivity contribution >= 4 is 39.3 Å². The topological polar surface area (TPSA) is 112 Å². The van der Waals surface area contributed by atoms with Crippen LogP contribution in [-0.2, 0) is 37.8 Å². The molecule has 0 saturated heterocycles. The maximum atomic E-state index is 12.0. The van der Waals surface area contributed by atoms with E-state index in [4.69, 9.17) is 0 Å². The van der Waals surface area contributed by atoms with E-state index in [2.05, 4.69) is 57.0 Å². The van der Waals surface area contributed by atoms with Gasteiger partial charge < -0.3 is 19.3 Å². The van der Waals surface area contributed by atoms with E-state index in [-0.39, 0.29) is 16.7 Å². The van der Waals surface area contributed by atoms with E-state index in [1.807, 2.05) is 56.3 Å². The summed E-state index contributed by atoms with van der Waals surface area (Å²) >= 11 is -4.08. The van der Waals surface area contributed by atoms with Crippen LogP contribution in [0.1, 0.15) is 91.7 Å². The Kier molecular flexibility index (Phi) is 13.3. The van der Waals surface area contributed by atoms with E-state index >= 15 is 0 Å². The van der Waals surface area contributed by atoms with Gasteiger partial charge in [-0.15, -0.1) is 0 Å². The second-order valence-corrected chi connectivity index (χ2v) is 15.1. The Labute approximate surface area is 274 Å². The first-order valence-electron chi connectivity index (χ1n) is 15.9. The van der Waals surface area contributed by atoms with Crippen LogP contribution in [0.15, 0.2) is 82.3 Å². The number of hydrogen-bond acceptors (Lipinski definition) is 4. The van der Waals surface area contributed by atoms with Gasteiger partial charge in [0.2, 0.25) is 0 Å². The molecule has 4 N–H and O–H groups in total. The van der Waals surface area contributed by atoms with Gasteiger partial charge in [-0.05, 0) is 73.6 Å². The van der Waals surface area contributed by atoms with Crippen molar-refractivity contribution in [1.82, 2.24) is 0 Å². The van der Waals surface area contributed by atoms with Gasteiger partial charge in [0.25, 0.3) is 0 Å². The Bertz CT molecular complexity index is 1490. The van der Waals surface area contributed by atoms with Crippen molar-refractivity contribution in [2.45, 2.75) is 101 Å². The number of unbranched alkanes of at least 4 members (excludes halogenated alkanes) is 2. The van der Waals surface area contributed by atoms with Gasteiger partial charge in [0.05, 0.1) is 16.3 Å². The van der Waals surface area contributed by atoms with Crippen molar-refractivity contribution in [3.05, 3.63) is 83.6 Å². The lowest BCUT2D eigenvalue weighted by atomic mass is 9.80. The maximum Gasteiger partial charge on any atom is 0.186 e. The summed E-state index contributed by atoms with van der Waals surface area (Å²) in [5.74, 6) is 0.384. The molecular weight excluding hydrogens is 605 g/mol. The van der Waals surface area contributed by atoms with Crippen molar-refractivity contribution < 1.29 is 27.6 Å². The summed E-state index contributed by atoms with van der Waals surface area (Å²) in [4.78, 5) is 15.2. The predicted octanol–water partition coefficient (Wildman–Crippen LogP) is 7.31. The van der Waals surface area contributed by atoms with E-state index < -0.39 is 22.2 Å². The van der Waals surface area contributed by atoms with Gasteiger partial charge >= 0.3 is 0 Å². The normalized spacial score (nSPS) is 17.1. The van der Waals surface area contributed by atoms with Crippen LogP contribution < -0.4 is 10.2 Å². The number of nitrogens with zero attached hydrogens (tertiary/aromatic N) is 1. The fourth-order valence-electron chi connectivity index (χ4n) is 5.93. The number of fused-ring (bicyclic) bond motifs is 1. The molecular formula is C36H51N2O5S2+. The second kappa shape index (κ2) is 16.2. The minimum absolute atomic E-state index is 0.0744. The standard InChI is InChI=1S/C36H50N2O5S2/c1-8-37-31-20-18-27(44(40)41)24-29(31)35(4,5)22-14-10-9-13-17-34-36(6,7)30-25-28(45(42)43)19-21-32(30)38(34)23-15-11-12-16-33(39)26(2)3/h9-10,13-14,17-21,24-26,37H,8,11-12,15-16,22-23H2,1-7H3,(H,40,41)(H,42,43)/p+1/b13-9+,14-10+,34-17+. The van der Waals surface area contributed by atoms with Crippen LogP contribution in [0, 0.1) is 5.92 Å². The predicted molar refractivity (Wildman–Crippen MR) is 186 cm³/mol. The van der Waals surface area contributed by atoms with E-state index in [1.165, 1.54) is 0 Å². The molecule has 0 bridgehead atoms. The zero-order valence-electron chi connectivity index (χ0n) is 27.8. The van der Waals surface area contributed by atoms with Crippen LogP contribution in [0.3, 0.4) is 0 Å². The lowest BCUT2D eigenvalue weighted by Crippen LogP contribution is -2.77. The summed E-state index contributed by atoms with van der Waals surface area (Å²) in [5.41, 5.74) is 4.74. The summed E-state index contributed by atoms with van der Waals surface area (Å²) in [6.07, 6.45) is 14.5. The molecule has 0 amide bonds. The molecule has 0 aliphatic carbocycles. The van der Waals surface area contributed by atoms with Crippen LogP contribution in [-0.4, -0.2) is 36.4 Å². The highest BCUT2D eigenvalue weighted by molar-refractivity contribution is 7.79. The minimum atomic E-state index is -2.05. The van der Waals surface area contributed by atoms with E-state index in [0.29, 0.717) is 22.0 Å². The Morgan fingerprint density at radius 2 is 1.64 bits per heavy atom. The molecule has 9 heteroatoms. The van der Waals surface area contributed by atoms with Gasteiger partial charge in [-0.25, -0.2) is 8.42 Å². The molecule has 0 saturated carbocycles. The van der Waals surface area contributed by atoms with Crippen molar-refractivity contribution in [1.29, 1.82) is 0 Å². The number of hydrogen-bond donors (Lipinski definition) is 3. The first-order valence-corrected chi connectivity index (χ1v) is 18.1. The summed E-state index contributed by atoms with van der Waals surface area (Å²) < 4.78 is 43.0. The molecule has 1 aliphatic rings. The number of allylic oxidation sites excluding steroid dienone is 6. The van der Waals surface area contributed by atoms with E-state index in [0.717, 1.165) is 67.0 Å². The van der Waals surface area contributed by atoms with Crippen LogP contribution in [0.5, 0.6) is 0 Å². The highest BCUT2D eigenvalue weighted by atomic mass is 32.2. The zero-order chi connectivity index (χ0) is 33.4. The maximum absolute atomic E-state index is 12.0. The molecule has 246 valence electrons. The van der Waals surface area contributed by atoms with Crippen LogP contribution in [0.2, 0.25) is 0 Å². The van der Waals surface area contributed by atoms with Gasteiger partial charge in [0, 0.05) is 47.3 Å². The average molecular weight is 656 g/mol. The van der Waals surface area contributed by atoms with Crippen LogP contribution in [0.4, 0.5) is 11.4 Å². The zero-order valence-corrected chi connectivity index (χ0v) is 29.5. The molecule has 2 unspecified atom stereocenters. The summed E-state index contributed by atoms with van der Waals surface area (Å²) in [6.45, 7) is 16.3. The summed E-state index contributed by atoms with van der Waals surface area (Å²) in [5, 5.41) is 2.15. The monoisotopic (exact) mass is 655 g/mol. The molecule has 1 aliphatic heterocycles. The fraction of sp³-hybridized carbons (Fsp3) is 0.472. The van der Waals surface area contributed by atoms with Crippen molar-refractivity contribution in [2.75, 3.05) is 18.0 Å². The number of carbonyl (C=O) groups is 1. The lowest BCUT2D eigenvalue weighted by Gasteiger charge is -2.27. The van der Waals surface area contributed by atoms with Gasteiger partial charge in [-0.1, -0.05) is 72.3 Å². The third kappa shape index (κ3) is 9.42. The Morgan fingerprint density at radius 3 is 2.29 bits per heavy atom. The second-order valence-electron chi connectivity index (χ2n) is 13.2. The van der Waals surface area contributed by atoms with E-state index in [1.54, 1.807) is 12.1 Å². The molecule has 0 radical (unpaired) electrons. The number of anilines is 1. The number of rotatable bonds is 16. The minimum Gasteiger partial charge on any atom is -0.344 e. The van der Waals surface area contributed by atoms with Gasteiger partial charge in [0.1, 0.15) is 11.5 Å². The number of ketones is 1. The highest BCUT2D eigenvalue weighted by Gasteiger charge is 2.40. The molecule has 2 aromatic rings. The third-order valence-electron chi connectivity index (χ3n) is 8.63. The van der Waals surface area contributed by atoms with Crippen molar-refractivity contribution in [3.63, 3.8) is 0 Å². The Hall–Kier alpha value is -2.69. The molecule has 1 heterocycles. The number of Topliss-reactive ketones (excluding diaryl/α,β-unsaturated/α-hetero) is 1. The first-order chi connectivity index (χ1) is 21.2. The molecule has 0 aromatic heterocycles.